The van der Waals surface area contributed by atoms with Crippen LogP contribution in [0.4, 0.5) is 0 Å². The van der Waals surface area contributed by atoms with Crippen LogP contribution in [0.15, 0.2) is 0 Å². The van der Waals surface area contributed by atoms with Crippen LogP contribution >= 0.6 is 17.0 Å². The Morgan fingerprint density at radius 1 is 0.625 bits per heavy atom. The van der Waals surface area contributed by atoms with Gasteiger partial charge in [-0.05, 0) is 38.9 Å². The van der Waals surface area contributed by atoms with Crippen LogP contribution in [-0.2, 0) is 0 Å². The van der Waals surface area contributed by atoms with Gasteiger partial charge in [0.15, 0.2) is 0 Å². The van der Waals surface area contributed by atoms with Crippen molar-refractivity contribution < 1.29 is 0 Å². The van der Waals surface area contributed by atoms with Crippen molar-refractivity contribution >= 4 is 17.0 Å². The van der Waals surface area contributed by atoms with E-state index in [0.717, 1.165) is 0 Å². The maximum Gasteiger partial charge on any atom is -0.00188 e. The third-order valence-corrected chi connectivity index (χ3v) is 2.48. The van der Waals surface area contributed by atoms with E-state index in [2.05, 4.69) is 25.7 Å². The van der Waals surface area contributed by atoms with E-state index in [-0.39, 0.29) is 17.0 Å². The summed E-state index contributed by atoms with van der Waals surface area (Å²) in [5, 5.41) is 0. The van der Waals surface area contributed by atoms with E-state index in [1.54, 1.807) is 0 Å². The van der Waals surface area contributed by atoms with Crippen molar-refractivity contribution in [3.8, 4) is 0 Å². The average molecular weight is 296 g/mol. The van der Waals surface area contributed by atoms with Crippen LogP contribution in [0.25, 0.3) is 0 Å². The Morgan fingerprint density at radius 2 is 0.875 bits per heavy atom. The fraction of sp³-hybridized carbons (Fsp3) is 1.00. The zero-order chi connectivity index (χ0) is 11.9. The van der Waals surface area contributed by atoms with Crippen LogP contribution in [0.2, 0.25) is 0 Å². The molecular formula is C14H34BrN. The fourth-order valence-corrected chi connectivity index (χ4v) is 1.48. The van der Waals surface area contributed by atoms with E-state index < -0.39 is 0 Å². The lowest BCUT2D eigenvalue weighted by atomic mass is 10.2. The summed E-state index contributed by atoms with van der Waals surface area (Å²) in [5.74, 6) is 0. The van der Waals surface area contributed by atoms with Gasteiger partial charge in [-0.2, -0.15) is 0 Å². The first-order valence-electron chi connectivity index (χ1n) is 7.07. The Labute approximate surface area is 115 Å². The summed E-state index contributed by atoms with van der Waals surface area (Å²) in [7, 11) is 0. The summed E-state index contributed by atoms with van der Waals surface area (Å²) < 4.78 is 0. The first-order chi connectivity index (χ1) is 7.35. The lowest BCUT2D eigenvalue weighted by Gasteiger charge is -2.21. The summed E-state index contributed by atoms with van der Waals surface area (Å²) in [6, 6.07) is 0. The van der Waals surface area contributed by atoms with Crippen LogP contribution in [0.1, 0.15) is 73.1 Å². The summed E-state index contributed by atoms with van der Waals surface area (Å²) in [5.41, 5.74) is 0. The van der Waals surface area contributed by atoms with Crippen molar-refractivity contribution in [3.63, 3.8) is 0 Å². The minimum absolute atomic E-state index is 0. The molecule has 0 aromatic heterocycles. The second kappa shape index (κ2) is 20.8. The van der Waals surface area contributed by atoms with E-state index in [0.29, 0.717) is 0 Å². The van der Waals surface area contributed by atoms with Gasteiger partial charge in [0.05, 0.1) is 0 Å². The predicted molar refractivity (Wildman–Crippen MR) is 82.8 cm³/mol. The Kier molecular flexibility index (Phi) is 28.2. The van der Waals surface area contributed by atoms with E-state index in [9.17, 15) is 0 Å². The Balaban J connectivity index is -0.000000529. The SMILES string of the molecule is Br.CC.CCCCN(CCCC)CCCC. The monoisotopic (exact) mass is 295 g/mol. The first-order valence-corrected chi connectivity index (χ1v) is 7.07. The van der Waals surface area contributed by atoms with Gasteiger partial charge in [0.2, 0.25) is 0 Å². The molecule has 0 amide bonds. The number of hydrogen-bond donors (Lipinski definition) is 0. The summed E-state index contributed by atoms with van der Waals surface area (Å²) in [6.45, 7) is 14.8. The van der Waals surface area contributed by atoms with Crippen molar-refractivity contribution in [1.82, 2.24) is 4.90 Å². The quantitative estimate of drug-likeness (QED) is 0.558. The number of halogens is 1. The highest BCUT2D eigenvalue weighted by Gasteiger charge is 2.01. The molecule has 16 heavy (non-hydrogen) atoms. The smallest absolute Gasteiger partial charge is 0.00188 e. The molecule has 0 aliphatic carbocycles. The highest BCUT2D eigenvalue weighted by Crippen LogP contribution is 2.01. The zero-order valence-corrected chi connectivity index (χ0v) is 13.9. The third-order valence-electron chi connectivity index (χ3n) is 2.48. The van der Waals surface area contributed by atoms with E-state index in [1.165, 1.54) is 58.2 Å². The lowest BCUT2D eigenvalue weighted by Crippen LogP contribution is -2.27. The maximum absolute atomic E-state index is 2.64. The van der Waals surface area contributed by atoms with Gasteiger partial charge in [-0.1, -0.05) is 53.9 Å². The molecule has 0 radical (unpaired) electrons. The molecule has 0 atom stereocenters. The van der Waals surface area contributed by atoms with Gasteiger partial charge < -0.3 is 4.90 Å². The average Bonchev–Trinajstić information content (AvgIpc) is 2.31. The Bertz CT molecular complexity index is 77.7. The van der Waals surface area contributed by atoms with Gasteiger partial charge in [-0.15, -0.1) is 17.0 Å². The minimum atomic E-state index is 0. The zero-order valence-electron chi connectivity index (χ0n) is 12.2. The van der Waals surface area contributed by atoms with Gasteiger partial charge in [-0.3, -0.25) is 0 Å². The van der Waals surface area contributed by atoms with Crippen molar-refractivity contribution in [2.45, 2.75) is 73.1 Å². The molecule has 1 nitrogen and oxygen atoms in total. The molecule has 0 aliphatic heterocycles. The topological polar surface area (TPSA) is 3.24 Å². The van der Waals surface area contributed by atoms with Gasteiger partial charge in [0, 0.05) is 0 Å². The molecule has 0 bridgehead atoms. The number of hydrogen-bond acceptors (Lipinski definition) is 1. The van der Waals surface area contributed by atoms with Crippen molar-refractivity contribution in [3.05, 3.63) is 0 Å². The van der Waals surface area contributed by atoms with Crippen LogP contribution in [-0.4, -0.2) is 24.5 Å². The molecule has 0 heterocycles. The Morgan fingerprint density at radius 3 is 1.06 bits per heavy atom. The van der Waals surface area contributed by atoms with Gasteiger partial charge in [0.25, 0.3) is 0 Å². The largest absolute Gasteiger partial charge is 0.303 e. The molecule has 0 aliphatic rings. The fourth-order valence-electron chi connectivity index (χ4n) is 1.48. The molecule has 0 saturated carbocycles. The molecular weight excluding hydrogens is 262 g/mol. The number of nitrogens with zero attached hydrogens (tertiary/aromatic N) is 1. The third kappa shape index (κ3) is 16.9. The second-order valence-electron chi connectivity index (χ2n) is 3.90. The normalized spacial score (nSPS) is 9.38. The maximum atomic E-state index is 2.64. The van der Waals surface area contributed by atoms with Gasteiger partial charge in [-0.25, -0.2) is 0 Å². The van der Waals surface area contributed by atoms with E-state index >= 15 is 0 Å². The van der Waals surface area contributed by atoms with E-state index in [1.807, 2.05) is 13.8 Å². The molecule has 0 aromatic rings. The van der Waals surface area contributed by atoms with Crippen molar-refractivity contribution in [2.24, 2.45) is 0 Å². The summed E-state index contributed by atoms with van der Waals surface area (Å²) in [6.07, 6.45) is 8.09. The minimum Gasteiger partial charge on any atom is -0.303 e. The molecule has 0 fully saturated rings. The van der Waals surface area contributed by atoms with Crippen LogP contribution in [0.3, 0.4) is 0 Å². The van der Waals surface area contributed by atoms with Gasteiger partial charge >= 0.3 is 0 Å². The molecule has 0 rings (SSSR count). The standard InChI is InChI=1S/C12H27N.C2H6.BrH/c1-4-7-10-13(11-8-5-2)12-9-6-3;1-2;/h4-12H2,1-3H3;1-2H3;1H. The number of unbranched alkanes of at least 4 members (excludes halogenated alkanes) is 3. The Hall–Kier alpha value is 0.440. The van der Waals surface area contributed by atoms with E-state index in [4.69, 9.17) is 0 Å². The lowest BCUT2D eigenvalue weighted by molar-refractivity contribution is 0.261. The van der Waals surface area contributed by atoms with Crippen LogP contribution < -0.4 is 0 Å². The predicted octanol–water partition coefficient (Wildman–Crippen LogP) is 5.29. The first kappa shape index (κ1) is 21.7. The molecule has 0 saturated heterocycles. The molecule has 0 N–H and O–H groups in total. The molecule has 102 valence electrons. The summed E-state index contributed by atoms with van der Waals surface area (Å²) in [4.78, 5) is 2.64. The summed E-state index contributed by atoms with van der Waals surface area (Å²) >= 11 is 0. The van der Waals surface area contributed by atoms with Crippen LogP contribution in [0, 0.1) is 0 Å². The second-order valence-corrected chi connectivity index (χ2v) is 3.90. The van der Waals surface area contributed by atoms with Crippen LogP contribution in [0.5, 0.6) is 0 Å². The van der Waals surface area contributed by atoms with Gasteiger partial charge in [0.1, 0.15) is 0 Å². The number of rotatable bonds is 9. The van der Waals surface area contributed by atoms with Crippen molar-refractivity contribution in [1.29, 1.82) is 0 Å². The molecule has 0 unspecified atom stereocenters. The molecule has 0 aromatic carbocycles. The molecule has 0 spiro atoms. The van der Waals surface area contributed by atoms with Crippen molar-refractivity contribution in [2.75, 3.05) is 19.6 Å². The molecule has 2 heteroatoms. The highest BCUT2D eigenvalue weighted by atomic mass is 79.9. The highest BCUT2D eigenvalue weighted by molar-refractivity contribution is 8.93.